The molecule has 0 saturated carbocycles. The average molecular weight is 615 g/mol. The van der Waals surface area contributed by atoms with Crippen molar-refractivity contribution in [3.63, 3.8) is 0 Å². The maximum Gasteiger partial charge on any atom is 0.262 e. The summed E-state index contributed by atoms with van der Waals surface area (Å²) in [6, 6.07) is 4.57. The van der Waals surface area contributed by atoms with Crippen LogP contribution in [-0.2, 0) is 46.9 Å². The second kappa shape index (κ2) is 18.4. The number of carbonyl (C=O) groups is 2. The number of ether oxygens (including phenoxy) is 4. The van der Waals surface area contributed by atoms with Crippen LogP contribution in [0.25, 0.3) is 0 Å². The molecular formula is C26H42N6O9S. The Morgan fingerprint density at radius 1 is 1.02 bits per heavy atom. The number of amides is 2. The number of nitrogens with one attached hydrogen (secondary N) is 2. The lowest BCUT2D eigenvalue weighted by Crippen LogP contribution is -2.51. The van der Waals surface area contributed by atoms with Gasteiger partial charge in [0.2, 0.25) is 15.9 Å². The van der Waals surface area contributed by atoms with Crippen LogP contribution >= 0.6 is 0 Å². The Kier molecular flexibility index (Phi) is 15.4. The SMILES string of the molecule is CCC(=O)NCCOCCOCCOCCn1cc(CN([C@@H](C(=O)NO)C(C)C)S(=O)(=O)c2ccc(OC)cc2)nn1. The van der Waals surface area contributed by atoms with E-state index >= 15 is 0 Å². The predicted molar refractivity (Wildman–Crippen MR) is 150 cm³/mol. The van der Waals surface area contributed by atoms with Crippen LogP contribution in [0, 0.1) is 5.92 Å². The molecule has 0 aliphatic rings. The average Bonchev–Trinajstić information content (AvgIpc) is 3.44. The standard InChI is InChI=1S/C26H42N6O9S/c1-5-24(33)27-10-12-39-14-16-41-17-15-40-13-11-31-18-21(28-30-31)19-32(25(20(2)3)26(34)29-35)42(36,37)23-8-6-22(38-4)7-9-23/h6-9,18,20,25,35H,5,10-17,19H2,1-4H3,(H,27,33)(H,29,34)/t25-/m1/s1. The summed E-state index contributed by atoms with van der Waals surface area (Å²) in [6.45, 7) is 7.98. The van der Waals surface area contributed by atoms with Gasteiger partial charge in [-0.15, -0.1) is 5.10 Å². The van der Waals surface area contributed by atoms with Gasteiger partial charge in [-0.2, -0.15) is 4.31 Å². The number of nitrogens with zero attached hydrogens (tertiary/aromatic N) is 4. The highest BCUT2D eigenvalue weighted by Crippen LogP contribution is 2.26. The van der Waals surface area contributed by atoms with Crippen molar-refractivity contribution in [1.82, 2.24) is 30.1 Å². The van der Waals surface area contributed by atoms with Crippen LogP contribution < -0.4 is 15.5 Å². The van der Waals surface area contributed by atoms with E-state index in [1.807, 2.05) is 0 Å². The quantitative estimate of drug-likeness (QED) is 0.102. The maximum atomic E-state index is 13.6. The van der Waals surface area contributed by atoms with Crippen LogP contribution in [0.15, 0.2) is 35.4 Å². The molecule has 0 aliphatic carbocycles. The van der Waals surface area contributed by atoms with Gasteiger partial charge in [-0.3, -0.25) is 14.8 Å². The molecular weight excluding hydrogens is 572 g/mol. The molecule has 0 fully saturated rings. The lowest BCUT2D eigenvalue weighted by Gasteiger charge is -2.31. The number of hydrogen-bond donors (Lipinski definition) is 3. The molecule has 2 rings (SSSR count). The summed E-state index contributed by atoms with van der Waals surface area (Å²) in [4.78, 5) is 23.6. The smallest absolute Gasteiger partial charge is 0.262 e. The highest BCUT2D eigenvalue weighted by atomic mass is 32.2. The topological polar surface area (TPSA) is 183 Å². The first-order valence-corrected chi connectivity index (χ1v) is 15.1. The van der Waals surface area contributed by atoms with Gasteiger partial charge in [-0.25, -0.2) is 18.6 Å². The summed E-state index contributed by atoms with van der Waals surface area (Å²) in [5.74, 6) is -0.876. The number of carbonyl (C=O) groups excluding carboxylic acids is 2. The number of benzene rings is 1. The van der Waals surface area contributed by atoms with Gasteiger partial charge < -0.3 is 24.3 Å². The van der Waals surface area contributed by atoms with Gasteiger partial charge in [0.1, 0.15) is 11.8 Å². The van der Waals surface area contributed by atoms with Gasteiger partial charge in [-0.1, -0.05) is 26.0 Å². The van der Waals surface area contributed by atoms with Crippen molar-refractivity contribution >= 4 is 21.8 Å². The minimum absolute atomic E-state index is 0.0133. The number of hydroxylamine groups is 1. The molecule has 0 bridgehead atoms. The minimum atomic E-state index is -4.19. The first-order chi connectivity index (χ1) is 20.1. The Balaban J connectivity index is 1.88. The Morgan fingerprint density at radius 3 is 2.21 bits per heavy atom. The number of hydrogen-bond acceptors (Lipinski definition) is 11. The van der Waals surface area contributed by atoms with Gasteiger partial charge >= 0.3 is 0 Å². The van der Waals surface area contributed by atoms with Crippen LogP contribution in [0.3, 0.4) is 0 Å². The molecule has 0 saturated heterocycles. The van der Waals surface area contributed by atoms with E-state index in [0.29, 0.717) is 70.6 Å². The lowest BCUT2D eigenvalue weighted by atomic mass is 10.0. The summed E-state index contributed by atoms with van der Waals surface area (Å²) in [7, 11) is -2.72. The maximum absolute atomic E-state index is 13.6. The fraction of sp³-hybridized carbons (Fsp3) is 0.615. The van der Waals surface area contributed by atoms with Crippen molar-refractivity contribution in [1.29, 1.82) is 0 Å². The summed E-state index contributed by atoms with van der Waals surface area (Å²) in [6.07, 6.45) is 2.02. The normalized spacial score (nSPS) is 12.5. The molecule has 0 spiro atoms. The van der Waals surface area contributed by atoms with Crippen LogP contribution in [0.4, 0.5) is 0 Å². The molecule has 42 heavy (non-hydrogen) atoms. The zero-order valence-electron chi connectivity index (χ0n) is 24.5. The van der Waals surface area contributed by atoms with E-state index in [-0.39, 0.29) is 17.3 Å². The first-order valence-electron chi connectivity index (χ1n) is 13.6. The van der Waals surface area contributed by atoms with Gasteiger partial charge in [0.15, 0.2) is 0 Å². The Morgan fingerprint density at radius 2 is 1.64 bits per heavy atom. The summed E-state index contributed by atoms with van der Waals surface area (Å²) < 4.78 is 51.3. The van der Waals surface area contributed by atoms with Crippen molar-refractivity contribution < 1.29 is 42.2 Å². The van der Waals surface area contributed by atoms with Crippen LogP contribution in [0.5, 0.6) is 5.75 Å². The Bertz CT molecular complexity index is 1190. The molecule has 1 heterocycles. The molecule has 0 unspecified atom stereocenters. The Hall–Kier alpha value is -3.15. The molecule has 236 valence electrons. The number of sulfonamides is 1. The molecule has 0 radical (unpaired) electrons. The molecule has 2 amide bonds. The van der Waals surface area contributed by atoms with E-state index in [1.54, 1.807) is 32.4 Å². The van der Waals surface area contributed by atoms with Gasteiger partial charge in [0, 0.05) is 19.2 Å². The first kappa shape index (κ1) is 35.0. The van der Waals surface area contributed by atoms with E-state index in [2.05, 4.69) is 15.6 Å². The van der Waals surface area contributed by atoms with E-state index < -0.39 is 27.9 Å². The van der Waals surface area contributed by atoms with E-state index in [9.17, 15) is 23.2 Å². The van der Waals surface area contributed by atoms with Crippen molar-refractivity contribution in [3.8, 4) is 5.75 Å². The molecule has 1 atom stereocenters. The van der Waals surface area contributed by atoms with Crippen molar-refractivity contribution in [2.75, 3.05) is 53.3 Å². The van der Waals surface area contributed by atoms with Crippen molar-refractivity contribution in [3.05, 3.63) is 36.2 Å². The number of rotatable bonds is 21. The van der Waals surface area contributed by atoms with Gasteiger partial charge in [0.05, 0.1) is 70.4 Å². The predicted octanol–water partition coefficient (Wildman–Crippen LogP) is 0.584. The Labute approximate surface area is 246 Å². The summed E-state index contributed by atoms with van der Waals surface area (Å²) >= 11 is 0. The fourth-order valence-corrected chi connectivity index (χ4v) is 5.51. The lowest BCUT2D eigenvalue weighted by molar-refractivity contribution is -0.134. The van der Waals surface area contributed by atoms with Gasteiger partial charge in [0.25, 0.3) is 5.91 Å². The number of methoxy groups -OCH3 is 1. The largest absolute Gasteiger partial charge is 0.497 e. The molecule has 2 aromatic rings. The summed E-state index contributed by atoms with van der Waals surface area (Å²) in [5, 5.41) is 20.2. The molecule has 15 nitrogen and oxygen atoms in total. The minimum Gasteiger partial charge on any atom is -0.497 e. The van der Waals surface area contributed by atoms with Crippen LogP contribution in [0.2, 0.25) is 0 Å². The van der Waals surface area contributed by atoms with Crippen LogP contribution in [0.1, 0.15) is 32.9 Å². The third kappa shape index (κ3) is 11.3. The van der Waals surface area contributed by atoms with E-state index in [0.717, 1.165) is 4.31 Å². The third-order valence-corrected chi connectivity index (χ3v) is 7.83. The number of aromatic nitrogens is 3. The zero-order valence-corrected chi connectivity index (χ0v) is 25.3. The monoisotopic (exact) mass is 614 g/mol. The molecule has 1 aromatic carbocycles. The molecule has 3 N–H and O–H groups in total. The molecule has 16 heteroatoms. The second-order valence-electron chi connectivity index (χ2n) is 9.40. The van der Waals surface area contributed by atoms with Crippen molar-refractivity contribution in [2.45, 2.75) is 51.2 Å². The van der Waals surface area contributed by atoms with Gasteiger partial charge in [-0.05, 0) is 30.2 Å². The fourth-order valence-electron chi connectivity index (χ4n) is 3.82. The third-order valence-electron chi connectivity index (χ3n) is 5.99. The highest BCUT2D eigenvalue weighted by molar-refractivity contribution is 7.89. The highest BCUT2D eigenvalue weighted by Gasteiger charge is 2.38. The van der Waals surface area contributed by atoms with E-state index in [4.69, 9.17) is 18.9 Å². The van der Waals surface area contributed by atoms with Crippen molar-refractivity contribution in [2.24, 2.45) is 5.92 Å². The van der Waals surface area contributed by atoms with Crippen LogP contribution in [-0.4, -0.2) is 104 Å². The summed E-state index contributed by atoms with van der Waals surface area (Å²) in [5.41, 5.74) is 1.88. The second-order valence-corrected chi connectivity index (χ2v) is 11.3. The molecule has 1 aromatic heterocycles. The van der Waals surface area contributed by atoms with E-state index in [1.165, 1.54) is 36.1 Å². The molecule has 0 aliphatic heterocycles. The zero-order chi connectivity index (χ0) is 31.0.